The van der Waals surface area contributed by atoms with E-state index in [2.05, 4.69) is 0 Å². The van der Waals surface area contributed by atoms with Crippen molar-refractivity contribution in [3.63, 3.8) is 0 Å². The number of carbonyl (C=O) groups excluding carboxylic acids is 1. The molecule has 1 atom stereocenters. The maximum absolute atomic E-state index is 12.0. The van der Waals surface area contributed by atoms with E-state index in [0.717, 1.165) is 0 Å². The van der Waals surface area contributed by atoms with Crippen LogP contribution in [-0.4, -0.2) is 5.78 Å². The van der Waals surface area contributed by atoms with Crippen LogP contribution in [0.2, 0.25) is 0 Å². The predicted molar refractivity (Wildman–Crippen MR) is 56.4 cm³/mol. The maximum Gasteiger partial charge on any atom is 0.183 e. The lowest BCUT2D eigenvalue weighted by Crippen LogP contribution is -2.19. The normalized spacial score (nSPS) is 12.5. The molecular weight excluding hydrogens is 190 g/mol. The molecule has 0 saturated heterocycles. The minimum atomic E-state index is -0.576. The van der Waals surface area contributed by atoms with Crippen molar-refractivity contribution in [3.8, 4) is 6.07 Å². The minimum Gasteiger partial charge on any atom is -0.469 e. The van der Waals surface area contributed by atoms with Gasteiger partial charge in [0.05, 0.1) is 17.9 Å². The number of aryl methyl sites for hydroxylation is 1. The number of hydrogen-bond donors (Lipinski definition) is 0. The second-order valence-corrected chi connectivity index (χ2v) is 3.83. The zero-order chi connectivity index (χ0) is 11.4. The van der Waals surface area contributed by atoms with Crippen LogP contribution in [0.4, 0.5) is 0 Å². The molecule has 0 spiro atoms. The SMILES string of the molecule is CCc1occc1C(=O)C(C#N)C(C)C. The van der Waals surface area contributed by atoms with Gasteiger partial charge in [-0.15, -0.1) is 0 Å². The van der Waals surface area contributed by atoms with Crippen molar-refractivity contribution in [3.05, 3.63) is 23.7 Å². The average molecular weight is 205 g/mol. The first-order valence-electron chi connectivity index (χ1n) is 5.12. The second-order valence-electron chi connectivity index (χ2n) is 3.83. The molecule has 1 aromatic heterocycles. The van der Waals surface area contributed by atoms with E-state index in [4.69, 9.17) is 9.68 Å². The minimum absolute atomic E-state index is 0.0297. The first kappa shape index (κ1) is 11.5. The van der Waals surface area contributed by atoms with Crippen LogP contribution in [0.1, 0.15) is 36.9 Å². The summed E-state index contributed by atoms with van der Waals surface area (Å²) in [6.07, 6.45) is 2.17. The summed E-state index contributed by atoms with van der Waals surface area (Å²) in [4.78, 5) is 12.0. The highest BCUT2D eigenvalue weighted by Crippen LogP contribution is 2.20. The Bertz CT molecular complexity index is 385. The summed E-state index contributed by atoms with van der Waals surface area (Å²) in [6.45, 7) is 5.67. The van der Waals surface area contributed by atoms with E-state index < -0.39 is 5.92 Å². The van der Waals surface area contributed by atoms with Crippen molar-refractivity contribution in [1.82, 2.24) is 0 Å². The van der Waals surface area contributed by atoms with Crippen molar-refractivity contribution >= 4 is 5.78 Å². The van der Waals surface area contributed by atoms with Gasteiger partial charge in [-0.25, -0.2) is 0 Å². The summed E-state index contributed by atoms with van der Waals surface area (Å²) in [5, 5.41) is 8.93. The molecule has 0 bridgehead atoms. The highest BCUT2D eigenvalue weighted by molar-refractivity contribution is 6.00. The third-order valence-electron chi connectivity index (χ3n) is 2.42. The topological polar surface area (TPSA) is 54.0 Å². The fraction of sp³-hybridized carbons (Fsp3) is 0.500. The first-order valence-corrected chi connectivity index (χ1v) is 5.12. The summed E-state index contributed by atoms with van der Waals surface area (Å²) in [5.74, 6) is -0.00555. The number of carbonyl (C=O) groups is 1. The lowest BCUT2D eigenvalue weighted by atomic mass is 9.89. The Balaban J connectivity index is 2.99. The molecule has 15 heavy (non-hydrogen) atoms. The number of Topliss-reactive ketones (excluding diaryl/α,β-unsaturated/α-hetero) is 1. The van der Waals surface area contributed by atoms with Crippen LogP contribution in [0.25, 0.3) is 0 Å². The fourth-order valence-electron chi connectivity index (χ4n) is 1.51. The molecule has 1 heterocycles. The Morgan fingerprint density at radius 3 is 2.73 bits per heavy atom. The molecule has 0 saturated carbocycles. The van der Waals surface area contributed by atoms with Crippen molar-refractivity contribution in [2.75, 3.05) is 0 Å². The van der Waals surface area contributed by atoms with Gasteiger partial charge in [-0.3, -0.25) is 4.79 Å². The number of rotatable bonds is 4. The highest BCUT2D eigenvalue weighted by atomic mass is 16.3. The molecule has 0 aliphatic carbocycles. The van der Waals surface area contributed by atoms with E-state index in [9.17, 15) is 4.79 Å². The molecule has 1 aromatic rings. The lowest BCUT2D eigenvalue weighted by Gasteiger charge is -2.10. The van der Waals surface area contributed by atoms with E-state index >= 15 is 0 Å². The van der Waals surface area contributed by atoms with Gasteiger partial charge in [0, 0.05) is 6.42 Å². The molecule has 0 amide bonds. The Morgan fingerprint density at radius 1 is 1.60 bits per heavy atom. The van der Waals surface area contributed by atoms with Crippen LogP contribution in [0, 0.1) is 23.2 Å². The summed E-state index contributed by atoms with van der Waals surface area (Å²) in [7, 11) is 0. The van der Waals surface area contributed by atoms with Crippen LogP contribution >= 0.6 is 0 Å². The number of ketones is 1. The van der Waals surface area contributed by atoms with Gasteiger partial charge in [-0.1, -0.05) is 20.8 Å². The molecule has 3 heteroatoms. The number of nitriles is 1. The van der Waals surface area contributed by atoms with Crippen molar-refractivity contribution in [1.29, 1.82) is 5.26 Å². The third-order valence-corrected chi connectivity index (χ3v) is 2.42. The Hall–Kier alpha value is -1.56. The zero-order valence-corrected chi connectivity index (χ0v) is 9.28. The third kappa shape index (κ3) is 2.27. The van der Waals surface area contributed by atoms with Gasteiger partial charge in [-0.05, 0) is 12.0 Å². The summed E-state index contributed by atoms with van der Waals surface area (Å²) in [6, 6.07) is 3.70. The quantitative estimate of drug-likeness (QED) is 0.710. The lowest BCUT2D eigenvalue weighted by molar-refractivity contribution is 0.0922. The Labute approximate surface area is 89.7 Å². The smallest absolute Gasteiger partial charge is 0.183 e. The van der Waals surface area contributed by atoms with Crippen molar-refractivity contribution in [2.45, 2.75) is 27.2 Å². The van der Waals surface area contributed by atoms with Gasteiger partial charge in [0.15, 0.2) is 5.78 Å². The molecular formula is C12H15NO2. The fourth-order valence-corrected chi connectivity index (χ4v) is 1.51. The van der Waals surface area contributed by atoms with Crippen LogP contribution in [0.5, 0.6) is 0 Å². The Morgan fingerprint density at radius 2 is 2.27 bits per heavy atom. The van der Waals surface area contributed by atoms with Crippen molar-refractivity contribution in [2.24, 2.45) is 11.8 Å². The van der Waals surface area contributed by atoms with Gasteiger partial charge in [0.1, 0.15) is 11.7 Å². The summed E-state index contributed by atoms with van der Waals surface area (Å²) >= 11 is 0. The molecule has 80 valence electrons. The molecule has 0 aromatic carbocycles. The zero-order valence-electron chi connectivity index (χ0n) is 9.28. The Kier molecular flexibility index (Phi) is 3.68. The molecule has 1 unspecified atom stereocenters. The number of nitrogens with zero attached hydrogens (tertiary/aromatic N) is 1. The van der Waals surface area contributed by atoms with Crippen LogP contribution in [0.15, 0.2) is 16.7 Å². The van der Waals surface area contributed by atoms with Gasteiger partial charge >= 0.3 is 0 Å². The van der Waals surface area contributed by atoms with E-state index in [1.165, 1.54) is 6.26 Å². The van der Waals surface area contributed by atoms with E-state index in [0.29, 0.717) is 17.7 Å². The van der Waals surface area contributed by atoms with Gasteiger partial charge in [0.2, 0.25) is 0 Å². The predicted octanol–water partition coefficient (Wildman–Crippen LogP) is 2.82. The van der Waals surface area contributed by atoms with Crippen LogP contribution in [0.3, 0.4) is 0 Å². The van der Waals surface area contributed by atoms with E-state index in [-0.39, 0.29) is 11.7 Å². The number of hydrogen-bond acceptors (Lipinski definition) is 3. The van der Waals surface area contributed by atoms with E-state index in [1.54, 1.807) is 6.07 Å². The van der Waals surface area contributed by atoms with Crippen molar-refractivity contribution < 1.29 is 9.21 Å². The summed E-state index contributed by atoms with van der Waals surface area (Å²) in [5.41, 5.74) is 0.553. The standard InChI is InChI=1S/C12H15NO2/c1-4-11-9(5-6-15-11)12(14)10(7-13)8(2)3/h5-6,8,10H,4H2,1-3H3. The first-order chi connectivity index (χ1) is 7.11. The largest absolute Gasteiger partial charge is 0.469 e. The van der Waals surface area contributed by atoms with Crippen LogP contribution < -0.4 is 0 Å². The van der Waals surface area contributed by atoms with Gasteiger partial charge in [-0.2, -0.15) is 5.26 Å². The molecule has 0 aliphatic heterocycles. The van der Waals surface area contributed by atoms with Crippen LogP contribution in [-0.2, 0) is 6.42 Å². The van der Waals surface area contributed by atoms with Gasteiger partial charge in [0.25, 0.3) is 0 Å². The average Bonchev–Trinajstić information content (AvgIpc) is 2.65. The molecule has 0 fully saturated rings. The summed E-state index contributed by atoms with van der Waals surface area (Å²) < 4.78 is 5.18. The molecule has 1 rings (SSSR count). The molecule has 0 N–H and O–H groups in total. The molecule has 3 nitrogen and oxygen atoms in total. The van der Waals surface area contributed by atoms with E-state index in [1.807, 2.05) is 26.8 Å². The monoisotopic (exact) mass is 205 g/mol. The molecule has 0 aliphatic rings. The van der Waals surface area contributed by atoms with Gasteiger partial charge < -0.3 is 4.42 Å². The molecule has 0 radical (unpaired) electrons. The second kappa shape index (κ2) is 4.79. The number of furan rings is 1. The highest BCUT2D eigenvalue weighted by Gasteiger charge is 2.25. The maximum atomic E-state index is 12.0.